The van der Waals surface area contributed by atoms with Gasteiger partial charge in [-0.1, -0.05) is 56.8 Å². The third-order valence-corrected chi connectivity index (χ3v) is 1.42. The van der Waals surface area contributed by atoms with E-state index >= 15 is 0 Å². The van der Waals surface area contributed by atoms with Gasteiger partial charge in [0.1, 0.15) is 6.61 Å². The Kier molecular flexibility index (Phi) is 6.36. The molecule has 6 heteroatoms. The van der Waals surface area contributed by atoms with Crippen molar-refractivity contribution in [2.75, 3.05) is 11.9 Å². The second-order valence-corrected chi connectivity index (χ2v) is 4.94. The summed E-state index contributed by atoms with van der Waals surface area (Å²) in [7, 11) is 0. The monoisotopic (exact) mass is 294 g/mol. The Bertz CT molecular complexity index is 176. The number of hydrogen-bond acceptors (Lipinski definition) is 2. The van der Waals surface area contributed by atoms with E-state index in [1.54, 1.807) is 6.08 Å². The van der Waals surface area contributed by atoms with Crippen LogP contribution >= 0.6 is 50.7 Å². The summed E-state index contributed by atoms with van der Waals surface area (Å²) in [5, 5.41) is 0.579. The van der Waals surface area contributed by atoms with Crippen LogP contribution in [0.5, 0.6) is 0 Å². The lowest BCUT2D eigenvalue weighted by Crippen LogP contribution is -2.15. The van der Waals surface area contributed by atoms with Gasteiger partial charge in [0.15, 0.2) is 0 Å². The Morgan fingerprint density at radius 1 is 1.50 bits per heavy atom. The van der Waals surface area contributed by atoms with E-state index in [-0.39, 0.29) is 6.61 Å². The third kappa shape index (κ3) is 8.65. The lowest BCUT2D eigenvalue weighted by atomic mass is 10.5. The summed E-state index contributed by atoms with van der Waals surface area (Å²) in [4.78, 5) is 10.7. The van der Waals surface area contributed by atoms with Crippen LogP contribution in [-0.2, 0) is 9.53 Å². The highest BCUT2D eigenvalue weighted by molar-refractivity contribution is 9.09. The van der Waals surface area contributed by atoms with Crippen molar-refractivity contribution >= 4 is 56.7 Å². The van der Waals surface area contributed by atoms with Gasteiger partial charge in [0.2, 0.25) is 3.79 Å². The minimum absolute atomic E-state index is 0.247. The Hall–Kier alpha value is 0.560. The van der Waals surface area contributed by atoms with Crippen LogP contribution in [0, 0.1) is 0 Å². The Labute approximate surface area is 93.9 Å². The van der Waals surface area contributed by atoms with Gasteiger partial charge < -0.3 is 4.74 Å². The first-order valence-corrected chi connectivity index (χ1v) is 5.17. The fraction of sp³-hybridized carbons (Fsp3) is 0.500. The molecule has 0 aliphatic carbocycles. The summed E-state index contributed by atoms with van der Waals surface area (Å²) in [6.45, 7) is -0.247. The van der Waals surface area contributed by atoms with Crippen molar-refractivity contribution < 1.29 is 9.53 Å². The highest BCUT2D eigenvalue weighted by Gasteiger charge is 2.21. The first-order valence-electron chi connectivity index (χ1n) is 2.91. The predicted octanol–water partition coefficient (Wildman–Crippen LogP) is 2.85. The molecule has 0 radical (unpaired) electrons. The van der Waals surface area contributed by atoms with Crippen LogP contribution in [0.4, 0.5) is 0 Å². The molecule has 0 aliphatic heterocycles. The minimum Gasteiger partial charge on any atom is -0.458 e. The van der Waals surface area contributed by atoms with Crippen LogP contribution in [0.15, 0.2) is 12.2 Å². The fourth-order valence-corrected chi connectivity index (χ4v) is 0.692. The lowest BCUT2D eigenvalue weighted by molar-refractivity contribution is -0.137. The summed E-state index contributed by atoms with van der Waals surface area (Å²) >= 11 is 19.1. The summed E-state index contributed by atoms with van der Waals surface area (Å²) < 4.78 is 3.02. The van der Waals surface area contributed by atoms with Gasteiger partial charge in [0.25, 0.3) is 0 Å². The van der Waals surface area contributed by atoms with Crippen molar-refractivity contribution in [2.24, 2.45) is 0 Å². The second kappa shape index (κ2) is 6.08. The number of esters is 1. The molecule has 0 aromatic rings. The smallest absolute Gasteiger partial charge is 0.330 e. The molecule has 0 aromatic carbocycles. The maximum Gasteiger partial charge on any atom is 0.330 e. The zero-order valence-corrected chi connectivity index (χ0v) is 9.75. The molecule has 70 valence electrons. The first-order chi connectivity index (χ1) is 5.45. The number of carbonyl (C=O) groups is 1. The standard InChI is InChI=1S/C6H6BrCl3O2/c7-3-1-2-5(11)12-4-6(8,9)10/h1-2H,3-4H2/b2-1+. The topological polar surface area (TPSA) is 26.3 Å². The number of allylic oxidation sites excluding steroid dienone is 1. The average molecular weight is 296 g/mol. The zero-order chi connectivity index (χ0) is 9.61. The zero-order valence-electron chi connectivity index (χ0n) is 5.90. The van der Waals surface area contributed by atoms with Crippen LogP contribution in [-0.4, -0.2) is 21.7 Å². The highest BCUT2D eigenvalue weighted by atomic mass is 79.9. The van der Waals surface area contributed by atoms with E-state index in [1.807, 2.05) is 0 Å². The molecule has 0 amide bonds. The number of ether oxygens (including phenoxy) is 1. The van der Waals surface area contributed by atoms with Gasteiger partial charge in [-0.3, -0.25) is 0 Å². The number of halogens is 4. The van der Waals surface area contributed by atoms with E-state index in [2.05, 4.69) is 20.7 Å². The van der Waals surface area contributed by atoms with Crippen molar-refractivity contribution in [1.82, 2.24) is 0 Å². The Morgan fingerprint density at radius 2 is 2.08 bits per heavy atom. The molecule has 0 aromatic heterocycles. The summed E-state index contributed by atoms with van der Waals surface area (Å²) in [5.41, 5.74) is 0. The minimum atomic E-state index is -1.54. The van der Waals surface area contributed by atoms with Crippen molar-refractivity contribution in [3.05, 3.63) is 12.2 Å². The van der Waals surface area contributed by atoms with E-state index in [0.717, 1.165) is 0 Å². The number of hydrogen-bond donors (Lipinski definition) is 0. The molecule has 0 spiro atoms. The van der Waals surface area contributed by atoms with Gasteiger partial charge in [-0.2, -0.15) is 0 Å². The van der Waals surface area contributed by atoms with Crippen LogP contribution in [0.1, 0.15) is 0 Å². The first kappa shape index (κ1) is 12.6. The maximum absolute atomic E-state index is 10.7. The molecule has 0 heterocycles. The van der Waals surface area contributed by atoms with Gasteiger partial charge in [-0.05, 0) is 0 Å². The van der Waals surface area contributed by atoms with Crippen LogP contribution < -0.4 is 0 Å². The SMILES string of the molecule is O=C(/C=C/CBr)OCC(Cl)(Cl)Cl. The van der Waals surface area contributed by atoms with Crippen LogP contribution in [0.3, 0.4) is 0 Å². The van der Waals surface area contributed by atoms with Gasteiger partial charge in [-0.15, -0.1) is 0 Å². The summed E-state index contributed by atoms with van der Waals surface area (Å²) in [6, 6.07) is 0. The van der Waals surface area contributed by atoms with Crippen molar-refractivity contribution in [1.29, 1.82) is 0 Å². The predicted molar refractivity (Wildman–Crippen MR) is 54.2 cm³/mol. The number of rotatable bonds is 3. The van der Waals surface area contributed by atoms with E-state index in [1.165, 1.54) is 6.08 Å². The molecular weight excluding hydrogens is 290 g/mol. The van der Waals surface area contributed by atoms with Gasteiger partial charge in [0, 0.05) is 11.4 Å². The fourth-order valence-electron chi connectivity index (χ4n) is 0.342. The molecule has 0 saturated heterocycles. The Morgan fingerprint density at radius 3 is 2.50 bits per heavy atom. The van der Waals surface area contributed by atoms with Gasteiger partial charge in [0.05, 0.1) is 0 Å². The van der Waals surface area contributed by atoms with Crippen molar-refractivity contribution in [2.45, 2.75) is 3.79 Å². The molecule has 0 bridgehead atoms. The summed E-state index contributed by atoms with van der Waals surface area (Å²) in [5.74, 6) is -0.527. The molecule has 0 N–H and O–H groups in total. The molecule has 0 fully saturated rings. The molecule has 2 nitrogen and oxygen atoms in total. The number of alkyl halides is 4. The van der Waals surface area contributed by atoms with Crippen molar-refractivity contribution in [3.8, 4) is 0 Å². The molecule has 0 rings (SSSR count). The number of carbonyl (C=O) groups excluding carboxylic acids is 1. The normalized spacial score (nSPS) is 12.0. The van der Waals surface area contributed by atoms with E-state index in [0.29, 0.717) is 5.33 Å². The molecule has 12 heavy (non-hydrogen) atoms. The highest BCUT2D eigenvalue weighted by Crippen LogP contribution is 2.25. The summed E-state index contributed by atoms with van der Waals surface area (Å²) in [6.07, 6.45) is 2.84. The van der Waals surface area contributed by atoms with E-state index in [4.69, 9.17) is 34.8 Å². The largest absolute Gasteiger partial charge is 0.458 e. The lowest BCUT2D eigenvalue weighted by Gasteiger charge is -2.09. The molecule has 0 aliphatic rings. The molecule has 0 atom stereocenters. The van der Waals surface area contributed by atoms with Crippen LogP contribution in [0.2, 0.25) is 0 Å². The van der Waals surface area contributed by atoms with Crippen LogP contribution in [0.25, 0.3) is 0 Å². The molecular formula is C6H6BrCl3O2. The van der Waals surface area contributed by atoms with E-state index < -0.39 is 9.76 Å². The van der Waals surface area contributed by atoms with Gasteiger partial charge in [-0.25, -0.2) is 4.79 Å². The van der Waals surface area contributed by atoms with Crippen molar-refractivity contribution in [3.63, 3.8) is 0 Å². The third-order valence-electron chi connectivity index (χ3n) is 0.721. The quantitative estimate of drug-likeness (QED) is 0.455. The molecule has 0 saturated carbocycles. The average Bonchev–Trinajstić information content (AvgIpc) is 1.95. The van der Waals surface area contributed by atoms with E-state index in [9.17, 15) is 4.79 Å². The maximum atomic E-state index is 10.7. The van der Waals surface area contributed by atoms with Gasteiger partial charge >= 0.3 is 5.97 Å². The Balaban J connectivity index is 3.65. The second-order valence-electron chi connectivity index (χ2n) is 1.78. The molecule has 0 unspecified atom stereocenters.